The summed E-state index contributed by atoms with van der Waals surface area (Å²) < 4.78 is 5.17. The highest BCUT2D eigenvalue weighted by atomic mass is 35.5. The number of ether oxygens (including phenoxy) is 1. The van der Waals surface area contributed by atoms with Gasteiger partial charge < -0.3 is 10.1 Å². The van der Waals surface area contributed by atoms with E-state index in [-0.39, 0.29) is 0 Å². The van der Waals surface area contributed by atoms with Crippen molar-refractivity contribution in [3.8, 4) is 0 Å². The molecule has 2 aromatic rings. The Hall–Kier alpha value is -1.65. The molecule has 0 saturated heterocycles. The van der Waals surface area contributed by atoms with E-state index in [1.807, 2.05) is 38.1 Å². The van der Waals surface area contributed by atoms with Crippen LogP contribution in [0.1, 0.15) is 17.0 Å². The monoisotopic (exact) mass is 277 g/mol. The van der Waals surface area contributed by atoms with E-state index in [0.717, 1.165) is 22.6 Å². The van der Waals surface area contributed by atoms with Gasteiger partial charge in [-0.15, -0.1) is 0 Å². The largest absolute Gasteiger partial charge is 0.380 e. The topological polar surface area (TPSA) is 47.0 Å². The van der Waals surface area contributed by atoms with Crippen LogP contribution in [0.15, 0.2) is 24.3 Å². The van der Waals surface area contributed by atoms with Crippen LogP contribution in [0.5, 0.6) is 0 Å². The number of anilines is 2. The van der Waals surface area contributed by atoms with Crippen LogP contribution >= 0.6 is 11.6 Å². The Morgan fingerprint density at radius 2 is 1.84 bits per heavy atom. The summed E-state index contributed by atoms with van der Waals surface area (Å²) in [5.74, 6) is 0.563. The average Bonchev–Trinajstić information content (AvgIpc) is 2.38. The molecule has 100 valence electrons. The van der Waals surface area contributed by atoms with Crippen molar-refractivity contribution in [1.29, 1.82) is 0 Å². The zero-order valence-electron chi connectivity index (χ0n) is 11.2. The highest BCUT2D eigenvalue weighted by molar-refractivity contribution is 6.31. The Morgan fingerprint density at radius 3 is 2.58 bits per heavy atom. The molecule has 0 saturated carbocycles. The van der Waals surface area contributed by atoms with Gasteiger partial charge in [-0.2, -0.15) is 0 Å². The quantitative estimate of drug-likeness (QED) is 0.927. The number of aryl methyl sites for hydroxylation is 2. The van der Waals surface area contributed by atoms with Crippen molar-refractivity contribution in [3.63, 3.8) is 0 Å². The number of hydrogen-bond acceptors (Lipinski definition) is 4. The van der Waals surface area contributed by atoms with Crippen molar-refractivity contribution in [2.24, 2.45) is 0 Å². The lowest BCUT2D eigenvalue weighted by Gasteiger charge is -2.12. The number of benzene rings is 1. The first-order valence-electron chi connectivity index (χ1n) is 5.96. The van der Waals surface area contributed by atoms with Crippen molar-refractivity contribution in [2.75, 3.05) is 12.4 Å². The molecule has 0 atom stereocenters. The third kappa shape index (κ3) is 3.22. The first-order valence-corrected chi connectivity index (χ1v) is 6.34. The summed E-state index contributed by atoms with van der Waals surface area (Å²) in [4.78, 5) is 8.68. The Kier molecular flexibility index (Phi) is 4.35. The minimum Gasteiger partial charge on any atom is -0.380 e. The molecule has 1 N–H and O–H groups in total. The normalized spacial score (nSPS) is 10.5. The fourth-order valence-corrected chi connectivity index (χ4v) is 1.92. The van der Waals surface area contributed by atoms with E-state index in [0.29, 0.717) is 17.6 Å². The Balaban J connectivity index is 2.33. The summed E-state index contributed by atoms with van der Waals surface area (Å²) in [5.41, 5.74) is 3.65. The van der Waals surface area contributed by atoms with E-state index in [2.05, 4.69) is 15.3 Å². The lowest BCUT2D eigenvalue weighted by molar-refractivity contribution is 0.185. The van der Waals surface area contributed by atoms with Gasteiger partial charge in [0.25, 0.3) is 0 Å². The Labute approximate surface area is 117 Å². The molecule has 0 aliphatic heterocycles. The summed E-state index contributed by atoms with van der Waals surface area (Å²) in [6.07, 6.45) is 0. The molecular weight excluding hydrogens is 262 g/mol. The summed E-state index contributed by atoms with van der Waals surface area (Å²) in [5, 5.41) is 3.58. The third-order valence-corrected chi connectivity index (χ3v) is 3.10. The SMILES string of the molecule is COCc1ccccc1Nc1nc(C)c(C)nc1Cl. The van der Waals surface area contributed by atoms with Crippen LogP contribution in [0.3, 0.4) is 0 Å². The lowest BCUT2D eigenvalue weighted by Crippen LogP contribution is -2.03. The van der Waals surface area contributed by atoms with E-state index in [1.165, 1.54) is 0 Å². The molecule has 0 bridgehead atoms. The number of aromatic nitrogens is 2. The Morgan fingerprint density at radius 1 is 1.16 bits per heavy atom. The molecule has 2 rings (SSSR count). The van der Waals surface area contributed by atoms with Crippen molar-refractivity contribution in [3.05, 3.63) is 46.4 Å². The number of nitrogens with one attached hydrogen (secondary N) is 1. The second kappa shape index (κ2) is 5.99. The average molecular weight is 278 g/mol. The molecule has 1 aromatic heterocycles. The van der Waals surface area contributed by atoms with E-state index in [4.69, 9.17) is 16.3 Å². The van der Waals surface area contributed by atoms with Crippen LogP contribution in [0.2, 0.25) is 5.15 Å². The fourth-order valence-electron chi connectivity index (χ4n) is 1.71. The number of rotatable bonds is 4. The molecule has 0 aliphatic carbocycles. The minimum atomic E-state index is 0.371. The smallest absolute Gasteiger partial charge is 0.172 e. The van der Waals surface area contributed by atoms with Gasteiger partial charge in [0.2, 0.25) is 0 Å². The van der Waals surface area contributed by atoms with Gasteiger partial charge in [-0.25, -0.2) is 9.97 Å². The van der Waals surface area contributed by atoms with E-state index in [9.17, 15) is 0 Å². The van der Waals surface area contributed by atoms with Gasteiger partial charge in [0.15, 0.2) is 11.0 Å². The number of nitrogens with zero attached hydrogens (tertiary/aromatic N) is 2. The van der Waals surface area contributed by atoms with Gasteiger partial charge in [-0.3, -0.25) is 0 Å². The maximum atomic E-state index is 6.11. The predicted molar refractivity (Wildman–Crippen MR) is 77.0 cm³/mol. The predicted octanol–water partition coefficient (Wildman–Crippen LogP) is 3.64. The van der Waals surface area contributed by atoms with Gasteiger partial charge in [-0.05, 0) is 19.9 Å². The first-order chi connectivity index (χ1) is 9.11. The molecule has 0 amide bonds. The minimum absolute atomic E-state index is 0.371. The molecule has 0 fully saturated rings. The number of halogens is 1. The molecular formula is C14H16ClN3O. The van der Waals surface area contributed by atoms with Gasteiger partial charge in [-0.1, -0.05) is 29.8 Å². The molecule has 4 nitrogen and oxygen atoms in total. The van der Waals surface area contributed by atoms with Crippen molar-refractivity contribution < 1.29 is 4.74 Å². The van der Waals surface area contributed by atoms with Gasteiger partial charge in [0.05, 0.1) is 18.0 Å². The summed E-state index contributed by atoms with van der Waals surface area (Å²) in [6.45, 7) is 4.32. The summed E-state index contributed by atoms with van der Waals surface area (Å²) in [7, 11) is 1.67. The van der Waals surface area contributed by atoms with Crippen molar-refractivity contribution in [1.82, 2.24) is 9.97 Å². The zero-order valence-corrected chi connectivity index (χ0v) is 12.0. The molecule has 0 unspecified atom stereocenters. The molecule has 1 heterocycles. The maximum Gasteiger partial charge on any atom is 0.172 e. The second-order valence-corrected chi connectivity index (χ2v) is 4.61. The van der Waals surface area contributed by atoms with Gasteiger partial charge in [0.1, 0.15) is 0 Å². The van der Waals surface area contributed by atoms with Crippen LogP contribution < -0.4 is 5.32 Å². The van der Waals surface area contributed by atoms with Gasteiger partial charge >= 0.3 is 0 Å². The highest BCUT2D eigenvalue weighted by Gasteiger charge is 2.09. The molecule has 0 aliphatic rings. The van der Waals surface area contributed by atoms with Crippen LogP contribution in [0.25, 0.3) is 0 Å². The molecule has 1 aromatic carbocycles. The van der Waals surface area contributed by atoms with Crippen molar-refractivity contribution in [2.45, 2.75) is 20.5 Å². The summed E-state index contributed by atoms with van der Waals surface area (Å²) >= 11 is 6.11. The Bertz CT molecular complexity index is 587. The highest BCUT2D eigenvalue weighted by Crippen LogP contribution is 2.25. The third-order valence-electron chi connectivity index (χ3n) is 2.83. The van der Waals surface area contributed by atoms with Gasteiger partial charge in [0, 0.05) is 18.4 Å². The van der Waals surface area contributed by atoms with E-state index >= 15 is 0 Å². The van der Waals surface area contributed by atoms with Crippen LogP contribution in [0, 0.1) is 13.8 Å². The second-order valence-electron chi connectivity index (χ2n) is 4.25. The zero-order chi connectivity index (χ0) is 13.8. The van der Waals surface area contributed by atoms with E-state index < -0.39 is 0 Å². The maximum absolute atomic E-state index is 6.11. The van der Waals surface area contributed by atoms with Crippen LogP contribution in [0.4, 0.5) is 11.5 Å². The van der Waals surface area contributed by atoms with Crippen LogP contribution in [-0.4, -0.2) is 17.1 Å². The van der Waals surface area contributed by atoms with Crippen LogP contribution in [-0.2, 0) is 11.3 Å². The summed E-state index contributed by atoms with van der Waals surface area (Å²) in [6, 6.07) is 7.87. The number of para-hydroxylation sites is 1. The molecule has 0 spiro atoms. The first kappa shape index (κ1) is 13.8. The standard InChI is InChI=1S/C14H16ClN3O/c1-9-10(2)17-14(13(15)16-9)18-12-7-5-4-6-11(12)8-19-3/h4-7H,8H2,1-3H3,(H,17,18). The number of methoxy groups -OCH3 is 1. The molecule has 19 heavy (non-hydrogen) atoms. The molecule has 0 radical (unpaired) electrons. The molecule has 5 heteroatoms. The van der Waals surface area contributed by atoms with Crippen molar-refractivity contribution >= 4 is 23.1 Å². The fraction of sp³-hybridized carbons (Fsp3) is 0.286. The van der Waals surface area contributed by atoms with E-state index in [1.54, 1.807) is 7.11 Å². The number of hydrogen-bond donors (Lipinski definition) is 1. The lowest BCUT2D eigenvalue weighted by atomic mass is 10.2.